The molecule has 1 fully saturated rings. The van der Waals surface area contributed by atoms with Gasteiger partial charge in [0.2, 0.25) is 0 Å². The van der Waals surface area contributed by atoms with Crippen LogP contribution < -0.4 is 10.6 Å². The lowest BCUT2D eigenvalue weighted by Gasteiger charge is -2.32. The zero-order chi connectivity index (χ0) is 15.9. The summed E-state index contributed by atoms with van der Waals surface area (Å²) in [6.45, 7) is 10.7. The summed E-state index contributed by atoms with van der Waals surface area (Å²) in [5.74, 6) is 0.868. The first-order valence-electron chi connectivity index (χ1n) is 8.57. The van der Waals surface area contributed by atoms with Crippen molar-refractivity contribution in [1.29, 1.82) is 0 Å². The van der Waals surface area contributed by atoms with Crippen molar-refractivity contribution in [3.63, 3.8) is 0 Å². The second-order valence-corrected chi connectivity index (χ2v) is 7.29. The topological polar surface area (TPSA) is 50.4 Å². The molecule has 0 aliphatic heterocycles. The predicted molar refractivity (Wildman–Crippen MR) is 87.5 cm³/mol. The molecule has 1 aliphatic rings. The van der Waals surface area contributed by atoms with E-state index in [1.54, 1.807) is 0 Å². The average molecular weight is 298 g/mol. The van der Waals surface area contributed by atoms with Crippen LogP contribution in [0.3, 0.4) is 0 Å². The number of alkyl carbamates (subject to hydrolysis) is 1. The van der Waals surface area contributed by atoms with Crippen LogP contribution in [0.2, 0.25) is 0 Å². The number of hydrogen-bond acceptors (Lipinski definition) is 3. The molecule has 0 heterocycles. The van der Waals surface area contributed by atoms with Gasteiger partial charge < -0.3 is 15.4 Å². The highest BCUT2D eigenvalue weighted by molar-refractivity contribution is 5.67. The van der Waals surface area contributed by atoms with Crippen LogP contribution in [0.4, 0.5) is 4.79 Å². The van der Waals surface area contributed by atoms with E-state index in [2.05, 4.69) is 24.5 Å². The molecule has 1 aliphatic carbocycles. The van der Waals surface area contributed by atoms with Gasteiger partial charge in [0.05, 0.1) is 0 Å². The Morgan fingerprint density at radius 1 is 1.29 bits per heavy atom. The Bertz CT molecular complexity index is 312. The summed E-state index contributed by atoms with van der Waals surface area (Å²) in [6, 6.07) is 0.937. The van der Waals surface area contributed by atoms with Crippen molar-refractivity contribution in [3.05, 3.63) is 0 Å². The summed E-state index contributed by atoms with van der Waals surface area (Å²) in [7, 11) is 0. The Kier molecular flexibility index (Phi) is 7.50. The zero-order valence-corrected chi connectivity index (χ0v) is 14.5. The van der Waals surface area contributed by atoms with Crippen molar-refractivity contribution < 1.29 is 9.53 Å². The molecule has 1 rings (SSSR count). The van der Waals surface area contributed by atoms with E-state index in [-0.39, 0.29) is 6.09 Å². The third kappa shape index (κ3) is 7.70. The standard InChI is InChI=1S/C17H34N2O2/c1-6-13-9-8-10-15(11-13)19-14(7-2)12-18-16(20)21-17(3,4)5/h13-15,19H,6-12H2,1-5H3,(H,18,20). The van der Waals surface area contributed by atoms with E-state index in [0.29, 0.717) is 18.6 Å². The number of carbonyl (C=O) groups excluding carboxylic acids is 1. The fourth-order valence-electron chi connectivity index (χ4n) is 2.99. The highest BCUT2D eigenvalue weighted by Crippen LogP contribution is 2.26. The van der Waals surface area contributed by atoms with Gasteiger partial charge in [-0.3, -0.25) is 0 Å². The molecule has 0 saturated heterocycles. The summed E-state index contributed by atoms with van der Waals surface area (Å²) >= 11 is 0. The van der Waals surface area contributed by atoms with Gasteiger partial charge >= 0.3 is 6.09 Å². The average Bonchev–Trinajstić information content (AvgIpc) is 2.41. The molecule has 124 valence electrons. The molecule has 0 aromatic carbocycles. The fraction of sp³-hybridized carbons (Fsp3) is 0.941. The molecular formula is C17H34N2O2. The third-order valence-corrected chi connectivity index (χ3v) is 4.22. The Labute approximate surface area is 130 Å². The molecule has 4 nitrogen and oxygen atoms in total. The molecule has 21 heavy (non-hydrogen) atoms. The number of rotatable bonds is 6. The second kappa shape index (κ2) is 8.62. The van der Waals surface area contributed by atoms with E-state index < -0.39 is 5.60 Å². The predicted octanol–water partition coefficient (Wildman–Crippen LogP) is 3.85. The lowest BCUT2D eigenvalue weighted by atomic mass is 9.84. The van der Waals surface area contributed by atoms with Gasteiger partial charge in [-0.15, -0.1) is 0 Å². The molecule has 3 unspecified atom stereocenters. The number of amides is 1. The number of hydrogen-bond donors (Lipinski definition) is 2. The van der Waals surface area contributed by atoms with Gasteiger partial charge in [-0.2, -0.15) is 0 Å². The van der Waals surface area contributed by atoms with Crippen molar-refractivity contribution in [2.45, 2.75) is 90.8 Å². The fourth-order valence-corrected chi connectivity index (χ4v) is 2.99. The Balaban J connectivity index is 2.32. The van der Waals surface area contributed by atoms with E-state index in [4.69, 9.17) is 4.74 Å². The monoisotopic (exact) mass is 298 g/mol. The molecule has 0 aromatic rings. The van der Waals surface area contributed by atoms with E-state index >= 15 is 0 Å². The number of nitrogens with one attached hydrogen (secondary N) is 2. The van der Waals surface area contributed by atoms with Crippen LogP contribution in [-0.2, 0) is 4.74 Å². The molecule has 0 aromatic heterocycles. The molecule has 0 radical (unpaired) electrons. The van der Waals surface area contributed by atoms with E-state index in [1.807, 2.05) is 20.8 Å². The van der Waals surface area contributed by atoms with Crippen LogP contribution in [0.1, 0.15) is 73.1 Å². The first kappa shape index (κ1) is 18.3. The minimum absolute atomic E-state index is 0.321. The second-order valence-electron chi connectivity index (χ2n) is 7.29. The molecule has 2 N–H and O–H groups in total. The molecule has 3 atom stereocenters. The maximum absolute atomic E-state index is 11.7. The largest absolute Gasteiger partial charge is 0.444 e. The highest BCUT2D eigenvalue weighted by atomic mass is 16.6. The summed E-state index contributed by atoms with van der Waals surface area (Å²) < 4.78 is 5.28. The quantitative estimate of drug-likeness (QED) is 0.783. The highest BCUT2D eigenvalue weighted by Gasteiger charge is 2.23. The van der Waals surface area contributed by atoms with Gasteiger partial charge in [0.25, 0.3) is 0 Å². The smallest absolute Gasteiger partial charge is 0.407 e. The molecule has 1 saturated carbocycles. The first-order valence-corrected chi connectivity index (χ1v) is 8.57. The lowest BCUT2D eigenvalue weighted by molar-refractivity contribution is 0.0520. The summed E-state index contributed by atoms with van der Waals surface area (Å²) in [4.78, 5) is 11.7. The normalized spacial score (nSPS) is 24.4. The molecule has 0 spiro atoms. The van der Waals surface area contributed by atoms with E-state index in [0.717, 1.165) is 12.3 Å². The van der Waals surface area contributed by atoms with E-state index in [1.165, 1.54) is 32.1 Å². The van der Waals surface area contributed by atoms with Crippen LogP contribution in [0.15, 0.2) is 0 Å². The van der Waals surface area contributed by atoms with E-state index in [9.17, 15) is 4.79 Å². The summed E-state index contributed by atoms with van der Waals surface area (Å²) in [5.41, 5.74) is -0.434. The number of carbonyl (C=O) groups is 1. The lowest BCUT2D eigenvalue weighted by Crippen LogP contribution is -2.47. The summed E-state index contributed by atoms with van der Waals surface area (Å²) in [6.07, 6.45) is 7.22. The molecule has 4 heteroatoms. The van der Waals surface area contributed by atoms with Crippen molar-refractivity contribution in [3.8, 4) is 0 Å². The van der Waals surface area contributed by atoms with Crippen molar-refractivity contribution >= 4 is 6.09 Å². The van der Waals surface area contributed by atoms with Crippen LogP contribution in [0, 0.1) is 5.92 Å². The van der Waals surface area contributed by atoms with Crippen LogP contribution in [0.5, 0.6) is 0 Å². The minimum Gasteiger partial charge on any atom is -0.444 e. The van der Waals surface area contributed by atoms with Crippen LogP contribution >= 0.6 is 0 Å². The van der Waals surface area contributed by atoms with Gasteiger partial charge in [-0.1, -0.05) is 33.1 Å². The SMILES string of the molecule is CCC1CCCC(NC(CC)CNC(=O)OC(C)(C)C)C1. The Hall–Kier alpha value is -0.770. The molecular weight excluding hydrogens is 264 g/mol. The zero-order valence-electron chi connectivity index (χ0n) is 14.5. The Morgan fingerprint density at radius 2 is 2.00 bits per heavy atom. The van der Waals surface area contributed by atoms with Gasteiger partial charge in [-0.05, 0) is 46.0 Å². The van der Waals surface area contributed by atoms with Crippen molar-refractivity contribution in [1.82, 2.24) is 10.6 Å². The van der Waals surface area contributed by atoms with Gasteiger partial charge in [0.1, 0.15) is 5.60 Å². The Morgan fingerprint density at radius 3 is 2.57 bits per heavy atom. The van der Waals surface area contributed by atoms with Gasteiger partial charge in [-0.25, -0.2) is 4.79 Å². The summed E-state index contributed by atoms with van der Waals surface area (Å²) in [5, 5.41) is 6.60. The minimum atomic E-state index is -0.434. The maximum Gasteiger partial charge on any atom is 0.407 e. The van der Waals surface area contributed by atoms with Crippen LogP contribution in [-0.4, -0.2) is 30.3 Å². The van der Waals surface area contributed by atoms with Crippen molar-refractivity contribution in [2.24, 2.45) is 5.92 Å². The number of ether oxygens (including phenoxy) is 1. The van der Waals surface area contributed by atoms with Crippen molar-refractivity contribution in [2.75, 3.05) is 6.54 Å². The maximum atomic E-state index is 11.7. The van der Waals surface area contributed by atoms with Crippen LogP contribution in [0.25, 0.3) is 0 Å². The molecule has 1 amide bonds. The first-order chi connectivity index (χ1) is 9.84. The van der Waals surface area contributed by atoms with Gasteiger partial charge in [0.15, 0.2) is 0 Å². The molecule has 0 bridgehead atoms. The van der Waals surface area contributed by atoms with Gasteiger partial charge in [0, 0.05) is 18.6 Å². The third-order valence-electron chi connectivity index (χ3n) is 4.22.